The fraction of sp³-hybridized carbons (Fsp3) is 0.500. The average Bonchev–Trinajstić information content (AvgIpc) is 2.91. The van der Waals surface area contributed by atoms with E-state index in [9.17, 15) is 4.79 Å². The maximum Gasteiger partial charge on any atom is 0.315 e. The molecule has 0 saturated carbocycles. The molecular formula is C14H21N3O2. The van der Waals surface area contributed by atoms with Gasteiger partial charge in [0.2, 0.25) is 0 Å². The Morgan fingerprint density at radius 3 is 2.89 bits per heavy atom. The summed E-state index contributed by atoms with van der Waals surface area (Å²) in [5, 5.41) is 9.07. The Morgan fingerprint density at radius 1 is 1.42 bits per heavy atom. The maximum absolute atomic E-state index is 11.8. The van der Waals surface area contributed by atoms with Crippen molar-refractivity contribution in [1.82, 2.24) is 16.0 Å². The first-order valence-corrected chi connectivity index (χ1v) is 6.60. The molecule has 19 heavy (non-hydrogen) atoms. The van der Waals surface area contributed by atoms with Crippen LogP contribution in [0.1, 0.15) is 17.5 Å². The molecule has 1 aromatic carbocycles. The standard InChI is InChI=1S/C14H21N3O2/c1-19-10-12-5-3-2-4-11(12)8-16-14(18)17-13-6-7-15-9-13/h2-5,13,15H,6-10H2,1H3,(H2,16,17,18)/t13-/m0/s1. The lowest BCUT2D eigenvalue weighted by Crippen LogP contribution is -2.42. The summed E-state index contributed by atoms with van der Waals surface area (Å²) in [4.78, 5) is 11.8. The van der Waals surface area contributed by atoms with Gasteiger partial charge in [-0.2, -0.15) is 0 Å². The molecule has 0 radical (unpaired) electrons. The van der Waals surface area contributed by atoms with E-state index in [1.807, 2.05) is 24.3 Å². The summed E-state index contributed by atoms with van der Waals surface area (Å²) in [6.45, 7) is 2.91. The van der Waals surface area contributed by atoms with Crippen molar-refractivity contribution < 1.29 is 9.53 Å². The Bertz CT molecular complexity index is 417. The summed E-state index contributed by atoms with van der Waals surface area (Å²) in [5.74, 6) is 0. The average molecular weight is 263 g/mol. The highest BCUT2D eigenvalue weighted by Crippen LogP contribution is 2.09. The third-order valence-electron chi connectivity index (χ3n) is 3.25. The van der Waals surface area contributed by atoms with Crippen molar-refractivity contribution in [3.63, 3.8) is 0 Å². The molecule has 1 aromatic rings. The van der Waals surface area contributed by atoms with E-state index in [0.29, 0.717) is 13.2 Å². The Kier molecular flexibility index (Phi) is 5.18. The summed E-state index contributed by atoms with van der Waals surface area (Å²) in [5.41, 5.74) is 2.19. The number of amides is 2. The molecule has 104 valence electrons. The van der Waals surface area contributed by atoms with Crippen molar-refractivity contribution in [3.05, 3.63) is 35.4 Å². The molecule has 5 heteroatoms. The van der Waals surface area contributed by atoms with Gasteiger partial charge in [0, 0.05) is 26.2 Å². The van der Waals surface area contributed by atoms with Crippen LogP contribution in [0.4, 0.5) is 4.79 Å². The summed E-state index contributed by atoms with van der Waals surface area (Å²) >= 11 is 0. The zero-order valence-electron chi connectivity index (χ0n) is 11.2. The van der Waals surface area contributed by atoms with Crippen molar-refractivity contribution in [2.24, 2.45) is 0 Å². The van der Waals surface area contributed by atoms with E-state index in [0.717, 1.165) is 30.6 Å². The van der Waals surface area contributed by atoms with Crippen LogP contribution in [0, 0.1) is 0 Å². The van der Waals surface area contributed by atoms with Crippen molar-refractivity contribution >= 4 is 6.03 Å². The summed E-state index contributed by atoms with van der Waals surface area (Å²) in [7, 11) is 1.67. The zero-order valence-corrected chi connectivity index (χ0v) is 11.2. The zero-order chi connectivity index (χ0) is 13.5. The number of methoxy groups -OCH3 is 1. The Hall–Kier alpha value is -1.59. The minimum absolute atomic E-state index is 0.110. The first-order valence-electron chi connectivity index (χ1n) is 6.60. The van der Waals surface area contributed by atoms with Crippen molar-refractivity contribution in [2.75, 3.05) is 20.2 Å². The van der Waals surface area contributed by atoms with Crippen LogP contribution in [0.3, 0.4) is 0 Å². The van der Waals surface area contributed by atoms with Crippen LogP contribution in [-0.4, -0.2) is 32.3 Å². The number of hydrogen-bond acceptors (Lipinski definition) is 3. The minimum Gasteiger partial charge on any atom is -0.380 e. The van der Waals surface area contributed by atoms with Gasteiger partial charge >= 0.3 is 6.03 Å². The smallest absolute Gasteiger partial charge is 0.315 e. The van der Waals surface area contributed by atoms with Gasteiger partial charge in [-0.05, 0) is 24.1 Å². The molecule has 1 heterocycles. The van der Waals surface area contributed by atoms with Crippen LogP contribution >= 0.6 is 0 Å². The van der Waals surface area contributed by atoms with Gasteiger partial charge in [0.15, 0.2) is 0 Å². The molecule has 1 fully saturated rings. The first-order chi connectivity index (χ1) is 9.29. The number of nitrogens with one attached hydrogen (secondary N) is 3. The van der Waals surface area contributed by atoms with Gasteiger partial charge < -0.3 is 20.7 Å². The van der Waals surface area contributed by atoms with Crippen LogP contribution in [0.25, 0.3) is 0 Å². The quantitative estimate of drug-likeness (QED) is 0.742. The number of urea groups is 1. The third-order valence-corrected chi connectivity index (χ3v) is 3.25. The number of hydrogen-bond donors (Lipinski definition) is 3. The van der Waals surface area contributed by atoms with Crippen LogP contribution < -0.4 is 16.0 Å². The number of ether oxygens (including phenoxy) is 1. The molecule has 2 rings (SSSR count). The molecule has 2 amide bonds. The summed E-state index contributed by atoms with van der Waals surface area (Å²) in [6, 6.07) is 8.09. The summed E-state index contributed by atoms with van der Waals surface area (Å²) in [6.07, 6.45) is 0.994. The third kappa shape index (κ3) is 4.22. The second-order valence-corrected chi connectivity index (χ2v) is 4.72. The molecule has 5 nitrogen and oxygen atoms in total. The van der Waals surface area contributed by atoms with Crippen LogP contribution in [-0.2, 0) is 17.9 Å². The number of benzene rings is 1. The van der Waals surface area contributed by atoms with Crippen molar-refractivity contribution in [3.8, 4) is 0 Å². The molecule has 1 aliphatic rings. The molecule has 1 aliphatic heterocycles. The second-order valence-electron chi connectivity index (χ2n) is 4.72. The lowest BCUT2D eigenvalue weighted by Gasteiger charge is -2.14. The van der Waals surface area contributed by atoms with E-state index in [4.69, 9.17) is 4.74 Å². The normalized spacial score (nSPS) is 18.3. The molecule has 1 atom stereocenters. The highest BCUT2D eigenvalue weighted by Gasteiger charge is 2.16. The van der Waals surface area contributed by atoms with Crippen molar-refractivity contribution in [2.45, 2.75) is 25.6 Å². The highest BCUT2D eigenvalue weighted by molar-refractivity contribution is 5.74. The topological polar surface area (TPSA) is 62.4 Å². The van der Waals surface area contributed by atoms with E-state index >= 15 is 0 Å². The fourth-order valence-electron chi connectivity index (χ4n) is 2.22. The van der Waals surface area contributed by atoms with Gasteiger partial charge in [0.05, 0.1) is 6.61 Å². The monoisotopic (exact) mass is 263 g/mol. The minimum atomic E-state index is -0.110. The van der Waals surface area contributed by atoms with E-state index in [-0.39, 0.29) is 12.1 Å². The summed E-state index contributed by atoms with van der Waals surface area (Å²) < 4.78 is 5.15. The Balaban J connectivity index is 1.82. The fourth-order valence-corrected chi connectivity index (χ4v) is 2.22. The van der Waals surface area contributed by atoms with Gasteiger partial charge in [-0.25, -0.2) is 4.79 Å². The van der Waals surface area contributed by atoms with E-state index in [1.54, 1.807) is 7.11 Å². The molecule has 0 bridgehead atoms. The number of carbonyl (C=O) groups excluding carboxylic acids is 1. The van der Waals surface area contributed by atoms with Crippen LogP contribution in [0.2, 0.25) is 0 Å². The number of rotatable bonds is 5. The number of carbonyl (C=O) groups is 1. The van der Waals surface area contributed by atoms with E-state index in [2.05, 4.69) is 16.0 Å². The Morgan fingerprint density at radius 2 is 2.21 bits per heavy atom. The second kappa shape index (κ2) is 7.11. The van der Waals surface area contributed by atoms with Gasteiger partial charge in [0.25, 0.3) is 0 Å². The van der Waals surface area contributed by atoms with Gasteiger partial charge in [-0.15, -0.1) is 0 Å². The van der Waals surface area contributed by atoms with Crippen molar-refractivity contribution in [1.29, 1.82) is 0 Å². The SMILES string of the molecule is COCc1ccccc1CNC(=O)N[C@H]1CCNC1. The van der Waals surface area contributed by atoms with Gasteiger partial charge in [-0.3, -0.25) is 0 Å². The first kappa shape index (κ1) is 13.8. The largest absolute Gasteiger partial charge is 0.380 e. The molecule has 0 aromatic heterocycles. The molecule has 1 saturated heterocycles. The predicted octanol–water partition coefficient (Wildman–Crippen LogP) is 0.994. The molecule has 0 spiro atoms. The molecule has 0 aliphatic carbocycles. The highest BCUT2D eigenvalue weighted by atomic mass is 16.5. The molecular weight excluding hydrogens is 242 g/mol. The van der Waals surface area contributed by atoms with Crippen LogP contribution in [0.5, 0.6) is 0 Å². The van der Waals surface area contributed by atoms with Crippen LogP contribution in [0.15, 0.2) is 24.3 Å². The predicted molar refractivity (Wildman–Crippen MR) is 73.8 cm³/mol. The van der Waals surface area contributed by atoms with Gasteiger partial charge in [-0.1, -0.05) is 24.3 Å². The Labute approximate surface area is 113 Å². The maximum atomic E-state index is 11.8. The molecule has 3 N–H and O–H groups in total. The lowest BCUT2D eigenvalue weighted by atomic mass is 10.1. The molecule has 0 unspecified atom stereocenters. The lowest BCUT2D eigenvalue weighted by molar-refractivity contribution is 0.184. The van der Waals surface area contributed by atoms with E-state index < -0.39 is 0 Å². The van der Waals surface area contributed by atoms with Gasteiger partial charge in [0.1, 0.15) is 0 Å². The van der Waals surface area contributed by atoms with E-state index in [1.165, 1.54) is 0 Å².